The Hall–Kier alpha value is -2.71. The van der Waals surface area contributed by atoms with Crippen molar-refractivity contribution < 1.29 is 22.7 Å². The molecule has 2 aromatic rings. The van der Waals surface area contributed by atoms with Crippen molar-refractivity contribution in [2.24, 2.45) is 0 Å². The number of nitrogens with zero attached hydrogens (tertiary/aromatic N) is 1. The number of esters is 1. The second kappa shape index (κ2) is 11.1. The first-order chi connectivity index (χ1) is 14.9. The number of benzene rings is 2. The van der Waals surface area contributed by atoms with Crippen LogP contribution >= 0.6 is 0 Å². The van der Waals surface area contributed by atoms with Crippen molar-refractivity contribution in [2.45, 2.75) is 43.4 Å². The van der Waals surface area contributed by atoms with Crippen molar-refractivity contribution in [3.8, 4) is 0 Å². The van der Waals surface area contributed by atoms with E-state index in [1.165, 1.54) is 16.4 Å². The molecule has 0 aromatic heterocycles. The Labute approximate surface area is 183 Å². The largest absolute Gasteiger partial charge is 0.465 e. The molecule has 31 heavy (non-hydrogen) atoms. The number of rotatable bonds is 9. The third-order valence-corrected chi connectivity index (χ3v) is 7.06. The zero-order valence-corrected chi connectivity index (χ0v) is 18.3. The van der Waals surface area contributed by atoms with Gasteiger partial charge in [-0.1, -0.05) is 36.8 Å². The molecule has 3 rings (SSSR count). The molecule has 166 valence electrons. The molecule has 0 saturated carbocycles. The fourth-order valence-electron chi connectivity index (χ4n) is 3.40. The minimum atomic E-state index is -3.50. The quantitative estimate of drug-likeness (QED) is 0.599. The predicted octanol–water partition coefficient (Wildman–Crippen LogP) is 3.37. The second-order valence-electron chi connectivity index (χ2n) is 7.49. The van der Waals surface area contributed by atoms with Gasteiger partial charge < -0.3 is 10.1 Å². The summed E-state index contributed by atoms with van der Waals surface area (Å²) < 4.78 is 32.0. The summed E-state index contributed by atoms with van der Waals surface area (Å²) in [4.78, 5) is 24.1. The number of sulfonamides is 1. The lowest BCUT2D eigenvalue weighted by Crippen LogP contribution is -2.35. The average molecular weight is 445 g/mol. The minimum absolute atomic E-state index is 0.00199. The third kappa shape index (κ3) is 6.90. The molecule has 0 unspecified atom stereocenters. The van der Waals surface area contributed by atoms with Gasteiger partial charge in [-0.25, -0.2) is 8.42 Å². The monoisotopic (exact) mass is 444 g/mol. The molecule has 1 aliphatic heterocycles. The van der Waals surface area contributed by atoms with Crippen LogP contribution in [-0.4, -0.2) is 44.3 Å². The number of ether oxygens (including phenoxy) is 1. The summed E-state index contributed by atoms with van der Waals surface area (Å²) in [6.07, 6.45) is 3.42. The molecule has 1 amide bonds. The topological polar surface area (TPSA) is 92.8 Å². The van der Waals surface area contributed by atoms with Crippen LogP contribution in [0.5, 0.6) is 0 Å². The van der Waals surface area contributed by atoms with E-state index in [1.807, 2.05) is 30.3 Å². The van der Waals surface area contributed by atoms with Crippen LogP contribution < -0.4 is 5.32 Å². The molecule has 7 nitrogen and oxygen atoms in total. The number of carbonyl (C=O) groups is 2. The van der Waals surface area contributed by atoms with E-state index in [9.17, 15) is 18.0 Å². The van der Waals surface area contributed by atoms with Crippen LogP contribution in [0.1, 0.15) is 37.7 Å². The van der Waals surface area contributed by atoms with Gasteiger partial charge in [-0.2, -0.15) is 4.31 Å². The van der Waals surface area contributed by atoms with Crippen LogP contribution in [0.25, 0.3) is 0 Å². The normalized spacial score (nSPS) is 14.7. The van der Waals surface area contributed by atoms with Crippen LogP contribution in [0.3, 0.4) is 0 Å². The highest BCUT2D eigenvalue weighted by atomic mass is 32.2. The second-order valence-corrected chi connectivity index (χ2v) is 9.43. The molecule has 1 aliphatic rings. The number of amides is 1. The summed E-state index contributed by atoms with van der Waals surface area (Å²) in [7, 11) is -3.50. The summed E-state index contributed by atoms with van der Waals surface area (Å²) in [6, 6.07) is 15.8. The predicted molar refractivity (Wildman–Crippen MR) is 118 cm³/mol. The Morgan fingerprint density at radius 1 is 0.903 bits per heavy atom. The Bertz CT molecular complexity index is 969. The number of piperidine rings is 1. The van der Waals surface area contributed by atoms with E-state index in [-0.39, 0.29) is 30.3 Å². The molecule has 0 bridgehead atoms. The van der Waals surface area contributed by atoms with Gasteiger partial charge in [-0.3, -0.25) is 9.59 Å². The van der Waals surface area contributed by atoms with E-state index >= 15 is 0 Å². The van der Waals surface area contributed by atoms with E-state index in [4.69, 9.17) is 4.74 Å². The van der Waals surface area contributed by atoms with Gasteiger partial charge in [0.25, 0.3) is 0 Å². The fraction of sp³-hybridized carbons (Fsp3) is 0.391. The molecule has 1 saturated heterocycles. The zero-order valence-electron chi connectivity index (χ0n) is 17.5. The molecule has 1 fully saturated rings. The SMILES string of the molecule is O=C(CCC(=O)OCCc1ccccc1)Nc1ccc(S(=O)(=O)N2CCCCC2)cc1. The summed E-state index contributed by atoms with van der Waals surface area (Å²) in [6.45, 7) is 1.36. The van der Waals surface area contributed by atoms with Crippen molar-refractivity contribution in [3.63, 3.8) is 0 Å². The van der Waals surface area contributed by atoms with Crippen LogP contribution in [0.2, 0.25) is 0 Å². The molecule has 1 heterocycles. The Kier molecular flexibility index (Phi) is 8.20. The van der Waals surface area contributed by atoms with Gasteiger partial charge in [0.2, 0.25) is 15.9 Å². The summed E-state index contributed by atoms with van der Waals surface area (Å²) >= 11 is 0. The van der Waals surface area contributed by atoms with Crippen molar-refractivity contribution in [1.29, 1.82) is 0 Å². The number of anilines is 1. The molecule has 0 atom stereocenters. The minimum Gasteiger partial charge on any atom is -0.465 e. The Morgan fingerprint density at radius 3 is 2.26 bits per heavy atom. The van der Waals surface area contributed by atoms with Crippen LogP contribution in [0.15, 0.2) is 59.5 Å². The first-order valence-corrected chi connectivity index (χ1v) is 12.0. The van der Waals surface area contributed by atoms with E-state index < -0.39 is 16.0 Å². The standard InChI is InChI=1S/C23H28N2O5S/c26-22(13-14-23(27)30-18-15-19-7-3-1-4-8-19)24-20-9-11-21(12-10-20)31(28,29)25-16-5-2-6-17-25/h1,3-4,7-12H,2,5-6,13-18H2,(H,24,26). The Morgan fingerprint density at radius 2 is 1.58 bits per heavy atom. The van der Waals surface area contributed by atoms with Gasteiger partial charge in [0, 0.05) is 31.6 Å². The summed E-state index contributed by atoms with van der Waals surface area (Å²) in [5.41, 5.74) is 1.57. The summed E-state index contributed by atoms with van der Waals surface area (Å²) in [5.74, 6) is -0.749. The molecule has 8 heteroatoms. The fourth-order valence-corrected chi connectivity index (χ4v) is 4.92. The van der Waals surface area contributed by atoms with Crippen molar-refractivity contribution in [2.75, 3.05) is 25.0 Å². The third-order valence-electron chi connectivity index (χ3n) is 5.14. The maximum atomic E-state index is 12.7. The van der Waals surface area contributed by atoms with E-state index in [0.29, 0.717) is 25.2 Å². The highest BCUT2D eigenvalue weighted by Gasteiger charge is 2.25. The van der Waals surface area contributed by atoms with Crippen molar-refractivity contribution in [1.82, 2.24) is 4.31 Å². The molecule has 0 spiro atoms. The van der Waals surface area contributed by atoms with Crippen LogP contribution in [0, 0.1) is 0 Å². The maximum Gasteiger partial charge on any atom is 0.306 e. The lowest BCUT2D eigenvalue weighted by atomic mass is 10.2. The molecular weight excluding hydrogens is 416 g/mol. The van der Waals surface area contributed by atoms with Gasteiger partial charge >= 0.3 is 5.97 Å². The van der Waals surface area contributed by atoms with Crippen molar-refractivity contribution in [3.05, 3.63) is 60.2 Å². The molecule has 0 radical (unpaired) electrons. The highest BCUT2D eigenvalue weighted by molar-refractivity contribution is 7.89. The first-order valence-electron chi connectivity index (χ1n) is 10.5. The van der Waals surface area contributed by atoms with Gasteiger partial charge in [0.15, 0.2) is 0 Å². The van der Waals surface area contributed by atoms with Gasteiger partial charge in [-0.15, -0.1) is 0 Å². The van der Waals surface area contributed by atoms with Crippen LogP contribution in [-0.2, 0) is 30.8 Å². The van der Waals surface area contributed by atoms with Crippen molar-refractivity contribution >= 4 is 27.6 Å². The highest BCUT2D eigenvalue weighted by Crippen LogP contribution is 2.22. The number of hydrogen-bond acceptors (Lipinski definition) is 5. The van der Waals surface area contributed by atoms with Gasteiger partial charge in [-0.05, 0) is 42.7 Å². The lowest BCUT2D eigenvalue weighted by Gasteiger charge is -2.25. The average Bonchev–Trinajstić information content (AvgIpc) is 2.79. The first kappa shape index (κ1) is 23.0. The Balaban J connectivity index is 1.41. The van der Waals surface area contributed by atoms with E-state index in [0.717, 1.165) is 24.8 Å². The molecular formula is C23H28N2O5S. The zero-order chi connectivity index (χ0) is 22.1. The summed E-state index contributed by atoms with van der Waals surface area (Å²) in [5, 5.41) is 2.68. The van der Waals surface area contributed by atoms with Crippen LogP contribution in [0.4, 0.5) is 5.69 Å². The maximum absolute atomic E-state index is 12.7. The van der Waals surface area contributed by atoms with E-state index in [1.54, 1.807) is 12.1 Å². The molecule has 0 aliphatic carbocycles. The number of hydrogen-bond donors (Lipinski definition) is 1. The number of carbonyl (C=O) groups excluding carboxylic acids is 2. The lowest BCUT2D eigenvalue weighted by molar-refractivity contribution is -0.144. The molecule has 2 aromatic carbocycles. The molecule has 1 N–H and O–H groups in total. The number of nitrogens with one attached hydrogen (secondary N) is 1. The smallest absolute Gasteiger partial charge is 0.306 e. The van der Waals surface area contributed by atoms with Gasteiger partial charge in [0.1, 0.15) is 0 Å². The van der Waals surface area contributed by atoms with Gasteiger partial charge in [0.05, 0.1) is 17.9 Å². The van der Waals surface area contributed by atoms with E-state index in [2.05, 4.69) is 5.32 Å².